The first-order valence-electron chi connectivity index (χ1n) is 25.4. The zero-order chi connectivity index (χ0) is 42.6. The third kappa shape index (κ3) is 21.4. The van der Waals surface area contributed by atoms with Gasteiger partial charge in [-0.2, -0.15) is 10.5 Å². The maximum atomic E-state index is 10.6. The number of allylic oxidation sites excluding steroid dienone is 2. The maximum absolute atomic E-state index is 10.6. The first kappa shape index (κ1) is 51.0. The van der Waals surface area contributed by atoms with Gasteiger partial charge >= 0.3 is 0 Å². The summed E-state index contributed by atoms with van der Waals surface area (Å²) in [6.07, 6.45) is 45.1. The molecule has 0 aliphatic heterocycles. The minimum absolute atomic E-state index is 0.346. The maximum Gasteiger partial charge on any atom is 0.193 e. The SMILES string of the molecule is CCCCCCCCCCCCCCCCCCOc1ccc(C2=C(c3ccccc3)CC(C#N)(OCCCCCCCCCCCCCCCCCC)C(C#N)=C2)cc1. The minimum atomic E-state index is -1.28. The highest BCUT2D eigenvalue weighted by Gasteiger charge is 2.41. The minimum Gasteiger partial charge on any atom is -0.494 e. The predicted octanol–water partition coefficient (Wildman–Crippen LogP) is 17.6. The molecule has 0 saturated carbocycles. The van der Waals surface area contributed by atoms with Crippen molar-refractivity contribution >= 4 is 11.1 Å². The van der Waals surface area contributed by atoms with Gasteiger partial charge in [-0.15, -0.1) is 0 Å². The lowest BCUT2D eigenvalue weighted by atomic mass is 9.77. The fourth-order valence-corrected chi connectivity index (χ4v) is 8.79. The van der Waals surface area contributed by atoms with Crippen LogP contribution < -0.4 is 4.74 Å². The third-order valence-electron chi connectivity index (χ3n) is 12.7. The Balaban J connectivity index is 1.36. The van der Waals surface area contributed by atoms with Crippen LogP contribution in [0.2, 0.25) is 0 Å². The van der Waals surface area contributed by atoms with Crippen molar-refractivity contribution in [2.75, 3.05) is 13.2 Å². The van der Waals surface area contributed by atoms with E-state index in [1.807, 2.05) is 36.4 Å². The van der Waals surface area contributed by atoms with Crippen molar-refractivity contribution in [2.24, 2.45) is 0 Å². The fraction of sp³-hybridized carbons (Fsp3) is 0.679. The van der Waals surface area contributed by atoms with Crippen LogP contribution in [-0.2, 0) is 4.74 Å². The third-order valence-corrected chi connectivity index (χ3v) is 12.7. The van der Waals surface area contributed by atoms with Gasteiger partial charge in [-0.05, 0) is 53.3 Å². The van der Waals surface area contributed by atoms with Gasteiger partial charge in [-0.3, -0.25) is 0 Å². The van der Waals surface area contributed by atoms with Gasteiger partial charge in [0.15, 0.2) is 5.60 Å². The molecule has 0 aromatic heterocycles. The summed E-state index contributed by atoms with van der Waals surface area (Å²) >= 11 is 0. The predicted molar refractivity (Wildman–Crippen MR) is 257 cm³/mol. The van der Waals surface area contributed by atoms with Crippen LogP contribution >= 0.6 is 0 Å². The molecular weight excluding hydrogens is 733 g/mol. The molecule has 0 heterocycles. The molecule has 0 radical (unpaired) electrons. The van der Waals surface area contributed by atoms with Gasteiger partial charge in [0.1, 0.15) is 11.8 Å². The Morgan fingerprint density at radius 1 is 0.467 bits per heavy atom. The molecule has 0 spiro atoms. The van der Waals surface area contributed by atoms with E-state index in [0.29, 0.717) is 18.6 Å². The number of unbranched alkanes of at least 4 members (excludes halogenated alkanes) is 30. The molecule has 60 heavy (non-hydrogen) atoms. The van der Waals surface area contributed by atoms with E-state index in [-0.39, 0.29) is 0 Å². The molecule has 4 heteroatoms. The van der Waals surface area contributed by atoms with Crippen molar-refractivity contribution in [3.05, 3.63) is 77.4 Å². The van der Waals surface area contributed by atoms with Crippen molar-refractivity contribution in [3.63, 3.8) is 0 Å². The van der Waals surface area contributed by atoms with Crippen molar-refractivity contribution in [1.82, 2.24) is 0 Å². The van der Waals surface area contributed by atoms with Crippen LogP contribution in [0.1, 0.15) is 237 Å². The molecule has 1 aliphatic rings. The average molecular weight is 819 g/mol. The Morgan fingerprint density at radius 3 is 1.27 bits per heavy atom. The van der Waals surface area contributed by atoms with Gasteiger partial charge in [-0.25, -0.2) is 0 Å². The Kier molecular flexibility index (Phi) is 29.1. The first-order valence-corrected chi connectivity index (χ1v) is 25.4. The quantitative estimate of drug-likeness (QED) is 0.0633. The van der Waals surface area contributed by atoms with Crippen molar-refractivity contribution in [3.8, 4) is 17.9 Å². The number of nitrogens with zero attached hydrogens (tertiary/aromatic N) is 2. The number of ether oxygens (including phenoxy) is 2. The van der Waals surface area contributed by atoms with E-state index in [1.165, 1.54) is 186 Å². The monoisotopic (exact) mass is 819 g/mol. The molecule has 2 aromatic rings. The van der Waals surface area contributed by atoms with Gasteiger partial charge in [0.25, 0.3) is 0 Å². The number of nitriles is 2. The summed E-state index contributed by atoms with van der Waals surface area (Å²) in [7, 11) is 0. The van der Waals surface area contributed by atoms with Gasteiger partial charge in [-0.1, -0.05) is 249 Å². The summed E-state index contributed by atoms with van der Waals surface area (Å²) in [4.78, 5) is 0. The number of rotatable bonds is 38. The molecule has 0 N–H and O–H groups in total. The topological polar surface area (TPSA) is 66.0 Å². The standard InChI is InChI=1S/C56H86N2O2/c1-3-5-7-9-11-13-15-17-19-21-23-25-27-29-31-36-44-59-53-42-40-51(41-43-53)54-46-52(48-57)56(49-58,47-55(54)50-38-34-33-35-39-50)60-45-37-32-30-28-26-24-22-20-18-16-14-12-10-8-6-4-2/h33-35,38-43,46H,3-32,36-37,44-45,47H2,1-2H3. The van der Waals surface area contributed by atoms with Crippen LogP contribution in [0.25, 0.3) is 11.1 Å². The van der Waals surface area contributed by atoms with Crippen LogP contribution in [0.3, 0.4) is 0 Å². The van der Waals surface area contributed by atoms with E-state index in [9.17, 15) is 10.5 Å². The van der Waals surface area contributed by atoms with E-state index >= 15 is 0 Å². The molecule has 2 aromatic carbocycles. The summed E-state index contributed by atoms with van der Waals surface area (Å²) in [5.41, 5.74) is 3.18. The van der Waals surface area contributed by atoms with Crippen LogP contribution in [0.15, 0.2) is 66.2 Å². The van der Waals surface area contributed by atoms with Crippen LogP contribution in [-0.4, -0.2) is 18.8 Å². The molecule has 1 atom stereocenters. The Bertz CT molecular complexity index is 1500. The Morgan fingerprint density at radius 2 is 0.867 bits per heavy atom. The molecule has 4 nitrogen and oxygen atoms in total. The van der Waals surface area contributed by atoms with E-state index in [0.717, 1.165) is 53.9 Å². The Labute approximate surface area is 369 Å². The highest BCUT2D eigenvalue weighted by atomic mass is 16.5. The second-order valence-corrected chi connectivity index (χ2v) is 17.9. The molecule has 0 fully saturated rings. The Hall–Kier alpha value is -3.34. The zero-order valence-corrected chi connectivity index (χ0v) is 38.7. The van der Waals surface area contributed by atoms with Crippen molar-refractivity contribution in [2.45, 2.75) is 231 Å². The molecule has 1 unspecified atom stereocenters. The first-order chi connectivity index (χ1) is 29.7. The summed E-state index contributed by atoms with van der Waals surface area (Å²) < 4.78 is 12.6. The van der Waals surface area contributed by atoms with Gasteiger partial charge in [0.2, 0.25) is 0 Å². The van der Waals surface area contributed by atoms with E-state index in [1.54, 1.807) is 0 Å². The summed E-state index contributed by atoms with van der Waals surface area (Å²) in [5, 5.41) is 20.9. The van der Waals surface area contributed by atoms with Crippen LogP contribution in [0.5, 0.6) is 5.75 Å². The second kappa shape index (κ2) is 34.3. The van der Waals surface area contributed by atoms with Crippen LogP contribution in [0, 0.1) is 22.7 Å². The molecule has 0 saturated heterocycles. The van der Waals surface area contributed by atoms with Crippen LogP contribution in [0.4, 0.5) is 0 Å². The van der Waals surface area contributed by atoms with Crippen molar-refractivity contribution in [1.29, 1.82) is 10.5 Å². The van der Waals surface area contributed by atoms with E-state index in [4.69, 9.17) is 9.47 Å². The molecule has 3 rings (SSSR count). The lowest BCUT2D eigenvalue weighted by Crippen LogP contribution is -2.36. The fourth-order valence-electron chi connectivity index (χ4n) is 8.79. The molecule has 332 valence electrons. The number of benzene rings is 2. The highest BCUT2D eigenvalue weighted by Crippen LogP contribution is 2.43. The normalized spacial score (nSPS) is 15.2. The van der Waals surface area contributed by atoms with Gasteiger partial charge in [0, 0.05) is 13.0 Å². The second-order valence-electron chi connectivity index (χ2n) is 17.9. The molecule has 0 bridgehead atoms. The van der Waals surface area contributed by atoms with E-state index < -0.39 is 5.60 Å². The molecule has 0 amide bonds. The number of hydrogen-bond donors (Lipinski definition) is 0. The smallest absolute Gasteiger partial charge is 0.193 e. The summed E-state index contributed by atoms with van der Waals surface area (Å²) in [5.74, 6) is 0.871. The van der Waals surface area contributed by atoms with Gasteiger partial charge < -0.3 is 9.47 Å². The van der Waals surface area contributed by atoms with E-state index in [2.05, 4.69) is 50.3 Å². The lowest BCUT2D eigenvalue weighted by Gasteiger charge is -2.32. The number of hydrogen-bond acceptors (Lipinski definition) is 4. The lowest BCUT2D eigenvalue weighted by molar-refractivity contribution is 0.0284. The largest absolute Gasteiger partial charge is 0.494 e. The highest BCUT2D eigenvalue weighted by molar-refractivity contribution is 5.98. The zero-order valence-electron chi connectivity index (χ0n) is 38.7. The van der Waals surface area contributed by atoms with Crippen molar-refractivity contribution < 1.29 is 9.47 Å². The summed E-state index contributed by atoms with van der Waals surface area (Å²) in [6.45, 7) is 5.79. The summed E-state index contributed by atoms with van der Waals surface area (Å²) in [6, 6.07) is 23.3. The molecular formula is C56H86N2O2. The van der Waals surface area contributed by atoms with Gasteiger partial charge in [0.05, 0.1) is 18.2 Å². The molecule has 1 aliphatic carbocycles. The average Bonchev–Trinajstić information content (AvgIpc) is 3.28.